The molecule has 0 bridgehead atoms. The number of hydrogen-bond donors (Lipinski definition) is 2. The molecular formula is C15H20N2O2S. The minimum absolute atomic E-state index is 0.235. The third-order valence-corrected chi connectivity index (χ3v) is 3.80. The van der Waals surface area contributed by atoms with Crippen LogP contribution in [-0.4, -0.2) is 24.2 Å². The molecule has 20 heavy (non-hydrogen) atoms. The molecule has 1 aromatic carbocycles. The van der Waals surface area contributed by atoms with Gasteiger partial charge in [0, 0.05) is 6.04 Å². The highest BCUT2D eigenvalue weighted by Gasteiger charge is 2.18. The van der Waals surface area contributed by atoms with E-state index < -0.39 is 0 Å². The quantitative estimate of drug-likeness (QED) is 0.841. The van der Waals surface area contributed by atoms with Crippen LogP contribution in [-0.2, 0) is 0 Å². The molecule has 0 radical (unpaired) electrons. The number of ether oxygens (including phenoxy) is 1. The van der Waals surface area contributed by atoms with Gasteiger partial charge in [0.1, 0.15) is 5.75 Å². The maximum Gasteiger partial charge on any atom is 0.261 e. The molecule has 0 aromatic heterocycles. The summed E-state index contributed by atoms with van der Waals surface area (Å²) in [5, 5.41) is 6.31. The van der Waals surface area contributed by atoms with Crippen molar-refractivity contribution in [2.45, 2.75) is 38.6 Å². The van der Waals surface area contributed by atoms with Gasteiger partial charge in [-0.05, 0) is 43.6 Å². The number of thiocarbonyl (C=S) groups is 1. The standard InChI is InChI=1S/C15H20N2O2S/c1-10-6-5-9-12(13(10)19-2)14(18)17-15(20)16-11-7-3-4-8-11/h5-6,9,11H,3-4,7-8H2,1-2H3,(H2,16,17,18,20). The van der Waals surface area contributed by atoms with Crippen LogP contribution in [0.15, 0.2) is 18.2 Å². The molecule has 0 heterocycles. The monoisotopic (exact) mass is 292 g/mol. The molecule has 108 valence electrons. The summed E-state index contributed by atoms with van der Waals surface area (Å²) in [6.07, 6.45) is 4.67. The maximum absolute atomic E-state index is 12.2. The first-order chi connectivity index (χ1) is 9.61. The van der Waals surface area contributed by atoms with E-state index in [2.05, 4.69) is 10.6 Å². The number of nitrogens with one attached hydrogen (secondary N) is 2. The average molecular weight is 292 g/mol. The molecule has 1 saturated carbocycles. The van der Waals surface area contributed by atoms with Gasteiger partial charge < -0.3 is 10.1 Å². The fourth-order valence-corrected chi connectivity index (χ4v) is 2.82. The van der Waals surface area contributed by atoms with Gasteiger partial charge in [-0.1, -0.05) is 25.0 Å². The van der Waals surface area contributed by atoms with E-state index in [9.17, 15) is 4.79 Å². The second-order valence-electron chi connectivity index (χ2n) is 5.06. The Morgan fingerprint density at radius 1 is 1.35 bits per heavy atom. The molecule has 0 aliphatic heterocycles. The fraction of sp³-hybridized carbons (Fsp3) is 0.467. The molecule has 0 atom stereocenters. The second-order valence-corrected chi connectivity index (χ2v) is 5.47. The van der Waals surface area contributed by atoms with E-state index in [-0.39, 0.29) is 5.91 Å². The third kappa shape index (κ3) is 3.48. The van der Waals surface area contributed by atoms with Crippen LogP contribution in [0.25, 0.3) is 0 Å². The largest absolute Gasteiger partial charge is 0.496 e. The number of carbonyl (C=O) groups is 1. The molecule has 0 saturated heterocycles. The van der Waals surface area contributed by atoms with Gasteiger partial charge in [0.05, 0.1) is 12.7 Å². The van der Waals surface area contributed by atoms with E-state index >= 15 is 0 Å². The van der Waals surface area contributed by atoms with Crippen molar-refractivity contribution in [3.05, 3.63) is 29.3 Å². The fourth-order valence-electron chi connectivity index (χ4n) is 2.56. The molecule has 1 aliphatic carbocycles. The number of amides is 1. The van der Waals surface area contributed by atoms with Gasteiger partial charge in [0.2, 0.25) is 0 Å². The summed E-state index contributed by atoms with van der Waals surface area (Å²) in [5.41, 5.74) is 1.43. The second kappa shape index (κ2) is 6.70. The Morgan fingerprint density at radius 2 is 2.05 bits per heavy atom. The van der Waals surface area contributed by atoms with Crippen LogP contribution in [0.3, 0.4) is 0 Å². The van der Waals surface area contributed by atoms with Gasteiger partial charge in [-0.3, -0.25) is 10.1 Å². The van der Waals surface area contributed by atoms with Crippen molar-refractivity contribution >= 4 is 23.2 Å². The molecule has 2 N–H and O–H groups in total. The number of methoxy groups -OCH3 is 1. The van der Waals surface area contributed by atoms with Crippen LogP contribution < -0.4 is 15.4 Å². The van der Waals surface area contributed by atoms with Crippen LogP contribution in [0.1, 0.15) is 41.6 Å². The van der Waals surface area contributed by atoms with Crippen molar-refractivity contribution in [2.75, 3.05) is 7.11 Å². The summed E-state index contributed by atoms with van der Waals surface area (Å²) < 4.78 is 5.29. The topological polar surface area (TPSA) is 50.4 Å². The van der Waals surface area contributed by atoms with E-state index in [0.717, 1.165) is 18.4 Å². The van der Waals surface area contributed by atoms with Crippen LogP contribution in [0.2, 0.25) is 0 Å². The van der Waals surface area contributed by atoms with Crippen molar-refractivity contribution in [1.29, 1.82) is 0 Å². The van der Waals surface area contributed by atoms with E-state index in [1.165, 1.54) is 12.8 Å². The van der Waals surface area contributed by atoms with Gasteiger partial charge in [-0.15, -0.1) is 0 Å². The summed E-state index contributed by atoms with van der Waals surface area (Å²) >= 11 is 5.20. The molecule has 1 aliphatic rings. The molecule has 1 amide bonds. The number of para-hydroxylation sites is 1. The lowest BCUT2D eigenvalue weighted by atomic mass is 10.1. The van der Waals surface area contributed by atoms with Crippen LogP contribution in [0, 0.1) is 6.92 Å². The number of aryl methyl sites for hydroxylation is 1. The zero-order chi connectivity index (χ0) is 14.5. The Labute approximate surface area is 124 Å². The highest BCUT2D eigenvalue weighted by atomic mass is 32.1. The minimum Gasteiger partial charge on any atom is -0.496 e. The van der Waals surface area contributed by atoms with Crippen molar-refractivity contribution in [3.63, 3.8) is 0 Å². The van der Waals surface area contributed by atoms with Crippen molar-refractivity contribution in [3.8, 4) is 5.75 Å². The van der Waals surface area contributed by atoms with E-state index in [4.69, 9.17) is 17.0 Å². The molecule has 0 spiro atoms. The Kier molecular flexibility index (Phi) is 4.95. The first-order valence-corrected chi connectivity index (χ1v) is 7.28. The third-order valence-electron chi connectivity index (χ3n) is 3.58. The van der Waals surface area contributed by atoms with Gasteiger partial charge in [-0.2, -0.15) is 0 Å². The molecular weight excluding hydrogens is 272 g/mol. The molecule has 4 nitrogen and oxygen atoms in total. The van der Waals surface area contributed by atoms with E-state index in [1.807, 2.05) is 19.1 Å². The highest BCUT2D eigenvalue weighted by Crippen LogP contribution is 2.22. The normalized spacial score (nSPS) is 14.9. The summed E-state index contributed by atoms with van der Waals surface area (Å²) in [5.74, 6) is 0.356. The van der Waals surface area contributed by atoms with Crippen LogP contribution in [0.4, 0.5) is 0 Å². The molecule has 2 rings (SSSR count). The van der Waals surface area contributed by atoms with Gasteiger partial charge in [0.25, 0.3) is 5.91 Å². The predicted molar refractivity (Wildman–Crippen MR) is 83.2 cm³/mol. The van der Waals surface area contributed by atoms with Gasteiger partial charge in [0.15, 0.2) is 5.11 Å². The van der Waals surface area contributed by atoms with Crippen molar-refractivity contribution in [1.82, 2.24) is 10.6 Å². The zero-order valence-corrected chi connectivity index (χ0v) is 12.7. The molecule has 1 fully saturated rings. The SMILES string of the molecule is COc1c(C)cccc1C(=O)NC(=S)NC1CCCC1. The lowest BCUT2D eigenvalue weighted by Gasteiger charge is -2.16. The Balaban J connectivity index is 2.00. The lowest BCUT2D eigenvalue weighted by molar-refractivity contribution is 0.0973. The van der Waals surface area contributed by atoms with Crippen molar-refractivity contribution < 1.29 is 9.53 Å². The van der Waals surface area contributed by atoms with E-state index in [1.54, 1.807) is 13.2 Å². The average Bonchev–Trinajstić information content (AvgIpc) is 2.90. The van der Waals surface area contributed by atoms with Gasteiger partial charge in [-0.25, -0.2) is 0 Å². The minimum atomic E-state index is -0.235. The summed E-state index contributed by atoms with van der Waals surface area (Å²) in [6.45, 7) is 1.91. The summed E-state index contributed by atoms with van der Waals surface area (Å²) in [7, 11) is 1.56. The summed E-state index contributed by atoms with van der Waals surface area (Å²) in [4.78, 5) is 12.2. The Hall–Kier alpha value is -1.62. The van der Waals surface area contributed by atoms with E-state index in [0.29, 0.717) is 22.5 Å². The van der Waals surface area contributed by atoms with Crippen LogP contribution in [0.5, 0.6) is 5.75 Å². The Morgan fingerprint density at radius 3 is 2.70 bits per heavy atom. The highest BCUT2D eigenvalue weighted by molar-refractivity contribution is 7.80. The number of carbonyl (C=O) groups excluding carboxylic acids is 1. The first-order valence-electron chi connectivity index (χ1n) is 6.87. The predicted octanol–water partition coefficient (Wildman–Crippen LogP) is 2.55. The number of rotatable bonds is 3. The zero-order valence-electron chi connectivity index (χ0n) is 11.9. The van der Waals surface area contributed by atoms with Crippen LogP contribution >= 0.6 is 12.2 Å². The Bertz CT molecular complexity index is 511. The summed E-state index contributed by atoms with van der Waals surface area (Å²) in [6, 6.07) is 5.87. The first kappa shape index (κ1) is 14.8. The van der Waals surface area contributed by atoms with Crippen molar-refractivity contribution in [2.24, 2.45) is 0 Å². The van der Waals surface area contributed by atoms with Gasteiger partial charge >= 0.3 is 0 Å². The molecule has 1 aromatic rings. The smallest absolute Gasteiger partial charge is 0.261 e. The lowest BCUT2D eigenvalue weighted by Crippen LogP contribution is -2.43. The maximum atomic E-state index is 12.2. The molecule has 5 heteroatoms. The number of benzene rings is 1. The number of hydrogen-bond acceptors (Lipinski definition) is 3. The molecule has 0 unspecified atom stereocenters.